The number of likely N-dealkylation sites (tertiary alicyclic amines) is 1. The number of rotatable bonds is 10. The number of piperidine rings is 1. The Morgan fingerprint density at radius 3 is 2.36 bits per heavy atom. The predicted octanol–water partition coefficient (Wildman–Crippen LogP) is 2.98. The highest BCUT2D eigenvalue weighted by Crippen LogP contribution is 2.38. The van der Waals surface area contributed by atoms with E-state index in [-0.39, 0.29) is 36.6 Å². The molecule has 2 heterocycles. The molecule has 0 saturated carbocycles. The molecule has 1 unspecified atom stereocenters. The summed E-state index contributed by atoms with van der Waals surface area (Å²) in [7, 11) is 0. The number of amides is 1. The van der Waals surface area contributed by atoms with Gasteiger partial charge in [0.15, 0.2) is 11.6 Å². The summed E-state index contributed by atoms with van der Waals surface area (Å²) in [6, 6.07) is 7.75. The van der Waals surface area contributed by atoms with E-state index in [0.29, 0.717) is 12.4 Å². The Hall–Kier alpha value is -3.05. The fourth-order valence-electron chi connectivity index (χ4n) is 4.66. The maximum absolute atomic E-state index is 13.0. The number of hydrogen-bond donors (Lipinski definition) is 2. The first-order valence-electron chi connectivity index (χ1n) is 11.7. The van der Waals surface area contributed by atoms with E-state index < -0.39 is 30.3 Å². The van der Waals surface area contributed by atoms with E-state index in [9.17, 15) is 19.5 Å². The zero-order valence-corrected chi connectivity index (χ0v) is 22.0. The molecular weight excluding hydrogens is 488 g/mol. The normalized spacial score (nSPS) is 17.4. The van der Waals surface area contributed by atoms with Crippen LogP contribution in [0.15, 0.2) is 30.3 Å². The largest absolute Gasteiger partial charge is 0.481 e. The molecule has 1 amide bonds. The second kappa shape index (κ2) is 12.3. The van der Waals surface area contributed by atoms with E-state index in [4.69, 9.17) is 4.74 Å². The van der Waals surface area contributed by atoms with E-state index in [1.54, 1.807) is 12.1 Å². The van der Waals surface area contributed by atoms with E-state index in [2.05, 4.69) is 53.4 Å². The second-order valence-electron chi connectivity index (χ2n) is 10.1. The van der Waals surface area contributed by atoms with Crippen molar-refractivity contribution in [1.29, 1.82) is 0 Å². The summed E-state index contributed by atoms with van der Waals surface area (Å²) in [5.41, 5.74) is 0.627. The number of nitrogens with zero attached hydrogens (tertiary/aromatic N) is 5. The summed E-state index contributed by atoms with van der Waals surface area (Å²) in [5.74, 6) is -1.25. The molecule has 36 heavy (non-hydrogen) atoms. The summed E-state index contributed by atoms with van der Waals surface area (Å²) in [6.45, 7) is 8.90. The smallest absolute Gasteiger partial charge is 0.408 e. The van der Waals surface area contributed by atoms with E-state index in [1.165, 1.54) is 4.68 Å². The maximum Gasteiger partial charge on any atom is 0.408 e. The van der Waals surface area contributed by atoms with Crippen LogP contribution in [0.3, 0.4) is 0 Å². The molecule has 198 valence electrons. The topological polar surface area (TPSA) is 140 Å². The molecule has 1 aromatic heterocycles. The quantitative estimate of drug-likeness (QED) is 0.481. The number of aliphatic carboxylic acids is 1. The van der Waals surface area contributed by atoms with Crippen LogP contribution in [0, 0.1) is 0 Å². The average molecular weight is 523 g/mol. The number of hydrogen-bond acceptors (Lipinski definition) is 8. The van der Waals surface area contributed by atoms with E-state index in [1.807, 2.05) is 18.2 Å². The third-order valence-corrected chi connectivity index (χ3v) is 6.52. The number of halogens is 1. The zero-order valence-electron chi connectivity index (χ0n) is 21.1. The summed E-state index contributed by atoms with van der Waals surface area (Å²) >= 11 is 0. The van der Waals surface area contributed by atoms with Gasteiger partial charge >= 0.3 is 12.1 Å². The van der Waals surface area contributed by atoms with Crippen molar-refractivity contribution in [1.82, 2.24) is 30.4 Å². The molecule has 3 rings (SSSR count). The summed E-state index contributed by atoms with van der Waals surface area (Å²) in [4.78, 5) is 38.9. The van der Waals surface area contributed by atoms with Gasteiger partial charge in [0.05, 0.1) is 13.0 Å². The number of carbonyl (C=O) groups excluding carboxylic acids is 2. The Bertz CT molecular complexity index is 1030. The van der Waals surface area contributed by atoms with Crippen molar-refractivity contribution < 1.29 is 24.2 Å². The highest BCUT2D eigenvalue weighted by molar-refractivity contribution is 5.90. The molecule has 11 nitrogen and oxygen atoms in total. The first-order chi connectivity index (χ1) is 16.5. The monoisotopic (exact) mass is 522 g/mol. The van der Waals surface area contributed by atoms with Gasteiger partial charge in [-0.1, -0.05) is 30.3 Å². The molecular formula is C24H35ClN6O5. The van der Waals surface area contributed by atoms with Crippen LogP contribution in [0.1, 0.15) is 64.8 Å². The number of Topliss-reactive ketones (excluding diaryl/α,β-unsaturated/α-hetero) is 1. The fourth-order valence-corrected chi connectivity index (χ4v) is 4.66. The highest BCUT2D eigenvalue weighted by atomic mass is 35.5. The minimum atomic E-state index is -1.28. The van der Waals surface area contributed by atoms with E-state index >= 15 is 0 Å². The van der Waals surface area contributed by atoms with Crippen LogP contribution in [0.2, 0.25) is 0 Å². The first kappa shape index (κ1) is 29.2. The summed E-state index contributed by atoms with van der Waals surface area (Å²) in [6.07, 6.45) is 1.74. The van der Waals surface area contributed by atoms with Gasteiger partial charge in [-0.3, -0.25) is 14.5 Å². The molecule has 1 saturated heterocycles. The van der Waals surface area contributed by atoms with Gasteiger partial charge < -0.3 is 15.2 Å². The predicted molar refractivity (Wildman–Crippen MR) is 133 cm³/mol. The second-order valence-corrected chi connectivity index (χ2v) is 10.1. The van der Waals surface area contributed by atoms with Gasteiger partial charge in [-0.05, 0) is 62.9 Å². The minimum absolute atomic E-state index is 0. The van der Waals surface area contributed by atoms with Crippen molar-refractivity contribution in [2.45, 2.75) is 90.2 Å². The Morgan fingerprint density at radius 1 is 1.11 bits per heavy atom. The fraction of sp³-hybridized carbons (Fsp3) is 0.583. The average Bonchev–Trinajstić information content (AvgIpc) is 3.21. The number of carboxylic acids is 1. The number of ketones is 1. The molecule has 1 aliphatic rings. The minimum Gasteiger partial charge on any atom is -0.481 e. The van der Waals surface area contributed by atoms with Crippen molar-refractivity contribution in [3.05, 3.63) is 41.7 Å². The van der Waals surface area contributed by atoms with E-state index in [0.717, 1.165) is 24.8 Å². The van der Waals surface area contributed by atoms with Gasteiger partial charge in [0.25, 0.3) is 0 Å². The molecule has 0 radical (unpaired) electrons. The number of nitrogens with one attached hydrogen (secondary N) is 1. The SMILES string of the molecule is CC1(C)CCCC(C)(C)N1Cc1nnnn1CC(=O)C(CC(=O)O)NC(=O)OCc1ccccc1.Cl. The molecule has 0 aliphatic carbocycles. The van der Waals surface area contributed by atoms with Gasteiger partial charge in [0.1, 0.15) is 19.2 Å². The number of benzene rings is 1. The van der Waals surface area contributed by atoms with Crippen LogP contribution >= 0.6 is 12.4 Å². The number of carbonyl (C=O) groups is 3. The lowest BCUT2D eigenvalue weighted by Crippen LogP contribution is -2.58. The van der Waals surface area contributed by atoms with Crippen LogP contribution in [0.25, 0.3) is 0 Å². The first-order valence-corrected chi connectivity index (χ1v) is 11.7. The highest BCUT2D eigenvalue weighted by Gasteiger charge is 2.42. The van der Waals surface area contributed by atoms with Crippen LogP contribution < -0.4 is 5.32 Å². The third kappa shape index (κ3) is 7.72. The molecule has 12 heteroatoms. The standard InChI is InChI=1S/C24H34N6O5.ClH/c1-23(2)11-8-12-24(3,4)30(23)15-20-26-27-28-29(20)14-19(31)18(13-21(32)33)25-22(34)35-16-17-9-6-5-7-10-17;/h5-7,9-10,18H,8,11-16H2,1-4H3,(H,25,34)(H,32,33);1H. The lowest BCUT2D eigenvalue weighted by Gasteiger charge is -2.52. The van der Waals surface area contributed by atoms with Gasteiger partial charge in [-0.2, -0.15) is 0 Å². The molecule has 1 fully saturated rings. The van der Waals surface area contributed by atoms with Gasteiger partial charge in [-0.25, -0.2) is 9.48 Å². The Balaban J connectivity index is 0.00000456. The molecule has 2 N–H and O–H groups in total. The van der Waals surface area contributed by atoms with Gasteiger partial charge in [0, 0.05) is 11.1 Å². The number of tetrazole rings is 1. The summed E-state index contributed by atoms with van der Waals surface area (Å²) in [5, 5.41) is 23.4. The maximum atomic E-state index is 13.0. The van der Waals surface area contributed by atoms with Crippen LogP contribution in [-0.4, -0.2) is 65.2 Å². The molecule has 1 aliphatic heterocycles. The number of ether oxygens (including phenoxy) is 1. The zero-order chi connectivity index (χ0) is 25.6. The Kier molecular flexibility index (Phi) is 9.94. The number of alkyl carbamates (subject to hydrolysis) is 1. The number of carboxylic acid groups (broad SMARTS) is 1. The third-order valence-electron chi connectivity index (χ3n) is 6.52. The van der Waals surface area contributed by atoms with Crippen molar-refractivity contribution in [2.75, 3.05) is 0 Å². The van der Waals surface area contributed by atoms with Crippen LogP contribution in [0.5, 0.6) is 0 Å². The summed E-state index contributed by atoms with van der Waals surface area (Å²) < 4.78 is 6.52. The molecule has 0 bridgehead atoms. The molecule has 1 atom stereocenters. The van der Waals surface area contributed by atoms with Crippen LogP contribution in [-0.2, 0) is 34.0 Å². The Morgan fingerprint density at radius 2 is 1.75 bits per heavy atom. The Labute approximate surface area is 217 Å². The molecule has 2 aromatic rings. The van der Waals surface area contributed by atoms with Crippen LogP contribution in [0.4, 0.5) is 4.79 Å². The lowest BCUT2D eigenvalue weighted by atomic mass is 9.80. The lowest BCUT2D eigenvalue weighted by molar-refractivity contribution is -0.139. The van der Waals surface area contributed by atoms with Gasteiger partial charge in [0.2, 0.25) is 0 Å². The van der Waals surface area contributed by atoms with Crippen molar-refractivity contribution in [3.63, 3.8) is 0 Å². The van der Waals surface area contributed by atoms with Crippen molar-refractivity contribution in [2.24, 2.45) is 0 Å². The van der Waals surface area contributed by atoms with Gasteiger partial charge in [-0.15, -0.1) is 17.5 Å². The van der Waals surface area contributed by atoms with Crippen molar-refractivity contribution >= 4 is 30.3 Å². The molecule has 0 spiro atoms. The molecule has 1 aromatic carbocycles. The number of aromatic nitrogens is 4. The van der Waals surface area contributed by atoms with Crippen molar-refractivity contribution in [3.8, 4) is 0 Å².